The molecule has 3 rings (SSSR count). The Morgan fingerprint density at radius 1 is 1.12 bits per heavy atom. The molecule has 1 aromatic heterocycles. The summed E-state index contributed by atoms with van der Waals surface area (Å²) in [4.78, 5) is 12.3. The van der Waals surface area contributed by atoms with E-state index in [1.54, 1.807) is 30.3 Å². The lowest BCUT2D eigenvalue weighted by atomic mass is 10.1. The lowest BCUT2D eigenvalue weighted by molar-refractivity contribution is 0.102. The van der Waals surface area contributed by atoms with Crippen LogP contribution in [0.4, 0.5) is 5.88 Å². The number of amides is 1. The van der Waals surface area contributed by atoms with Crippen LogP contribution < -0.4 is 5.32 Å². The highest BCUT2D eigenvalue weighted by molar-refractivity contribution is 7.90. The molecule has 3 aromatic rings. The molecule has 0 aliphatic rings. The van der Waals surface area contributed by atoms with Gasteiger partial charge in [0.2, 0.25) is 5.88 Å². The molecule has 0 saturated heterocycles. The molecule has 25 heavy (non-hydrogen) atoms. The lowest BCUT2D eigenvalue weighted by Crippen LogP contribution is -2.12. The number of nitrogens with zero attached hydrogens (tertiary/aromatic N) is 1. The summed E-state index contributed by atoms with van der Waals surface area (Å²) >= 11 is 5.84. The van der Waals surface area contributed by atoms with E-state index in [2.05, 4.69) is 10.5 Å². The Morgan fingerprint density at radius 3 is 2.52 bits per heavy atom. The van der Waals surface area contributed by atoms with Gasteiger partial charge in [-0.25, -0.2) is 8.42 Å². The van der Waals surface area contributed by atoms with Gasteiger partial charge in [-0.15, -0.1) is 0 Å². The summed E-state index contributed by atoms with van der Waals surface area (Å²) in [6.45, 7) is 0. The van der Waals surface area contributed by atoms with Gasteiger partial charge in [0.05, 0.1) is 4.90 Å². The predicted octanol–water partition coefficient (Wildman–Crippen LogP) is 3.65. The molecule has 2 aromatic carbocycles. The molecule has 0 aliphatic heterocycles. The van der Waals surface area contributed by atoms with Crippen LogP contribution in [0.3, 0.4) is 0 Å². The molecule has 8 heteroatoms. The van der Waals surface area contributed by atoms with Gasteiger partial charge in [0.1, 0.15) is 5.69 Å². The molecular weight excluding hydrogens is 364 g/mol. The van der Waals surface area contributed by atoms with E-state index >= 15 is 0 Å². The van der Waals surface area contributed by atoms with Crippen molar-refractivity contribution in [3.05, 3.63) is 65.2 Å². The summed E-state index contributed by atoms with van der Waals surface area (Å²) in [5.74, 6) is -0.344. The zero-order chi connectivity index (χ0) is 18.0. The Balaban J connectivity index is 1.79. The maximum absolute atomic E-state index is 12.3. The number of hydrogen-bond donors (Lipinski definition) is 1. The van der Waals surface area contributed by atoms with Gasteiger partial charge in [0.15, 0.2) is 9.84 Å². The molecule has 0 saturated carbocycles. The zero-order valence-electron chi connectivity index (χ0n) is 13.1. The van der Waals surface area contributed by atoms with Crippen LogP contribution in [0.1, 0.15) is 10.4 Å². The summed E-state index contributed by atoms with van der Waals surface area (Å²) in [5, 5.41) is 7.04. The van der Waals surface area contributed by atoms with Gasteiger partial charge in [-0.2, -0.15) is 0 Å². The number of nitrogens with one attached hydrogen (secondary N) is 1. The van der Waals surface area contributed by atoms with Crippen LogP contribution in [-0.2, 0) is 9.84 Å². The maximum Gasteiger partial charge on any atom is 0.258 e. The zero-order valence-corrected chi connectivity index (χ0v) is 14.6. The SMILES string of the molecule is CS(=O)(=O)c1cccc(C(=O)Nc2cc(-c3ccc(Cl)cc3)no2)c1. The van der Waals surface area contributed by atoms with E-state index in [4.69, 9.17) is 16.1 Å². The average molecular weight is 377 g/mol. The van der Waals surface area contributed by atoms with E-state index in [0.717, 1.165) is 11.8 Å². The van der Waals surface area contributed by atoms with Gasteiger partial charge in [0, 0.05) is 28.5 Å². The minimum absolute atomic E-state index is 0.0690. The summed E-state index contributed by atoms with van der Waals surface area (Å²) in [7, 11) is -3.39. The summed E-state index contributed by atoms with van der Waals surface area (Å²) < 4.78 is 28.3. The topological polar surface area (TPSA) is 89.3 Å². The molecular formula is C17H13ClN2O4S. The second kappa shape index (κ2) is 6.70. The smallest absolute Gasteiger partial charge is 0.258 e. The number of aromatic nitrogens is 1. The fraction of sp³-hybridized carbons (Fsp3) is 0.0588. The highest BCUT2D eigenvalue weighted by Gasteiger charge is 2.14. The van der Waals surface area contributed by atoms with Crippen molar-refractivity contribution in [2.45, 2.75) is 4.90 Å². The number of halogens is 1. The Bertz CT molecular complexity index is 1030. The molecule has 0 spiro atoms. The van der Waals surface area contributed by atoms with E-state index < -0.39 is 15.7 Å². The van der Waals surface area contributed by atoms with Crippen molar-refractivity contribution in [3.8, 4) is 11.3 Å². The van der Waals surface area contributed by atoms with Crippen molar-refractivity contribution in [1.29, 1.82) is 0 Å². The van der Waals surface area contributed by atoms with Crippen molar-refractivity contribution >= 4 is 33.2 Å². The molecule has 1 amide bonds. The molecule has 0 fully saturated rings. The van der Waals surface area contributed by atoms with E-state index in [0.29, 0.717) is 10.7 Å². The Hall–Kier alpha value is -2.64. The summed E-state index contributed by atoms with van der Waals surface area (Å²) in [5.41, 5.74) is 1.52. The second-order valence-electron chi connectivity index (χ2n) is 5.34. The molecule has 0 aliphatic carbocycles. The average Bonchev–Trinajstić information content (AvgIpc) is 3.03. The third kappa shape index (κ3) is 4.07. The molecule has 0 unspecified atom stereocenters. The number of rotatable bonds is 4. The van der Waals surface area contributed by atoms with Crippen LogP contribution in [0.25, 0.3) is 11.3 Å². The molecule has 0 atom stereocenters. The van der Waals surface area contributed by atoms with Crippen LogP contribution >= 0.6 is 11.6 Å². The second-order valence-corrected chi connectivity index (χ2v) is 7.79. The largest absolute Gasteiger partial charge is 0.338 e. The first-order chi connectivity index (χ1) is 11.8. The summed E-state index contributed by atoms with van der Waals surface area (Å²) in [6, 6.07) is 14.3. The normalized spacial score (nSPS) is 11.3. The lowest BCUT2D eigenvalue weighted by Gasteiger charge is -2.03. The first-order valence-corrected chi connectivity index (χ1v) is 9.44. The minimum Gasteiger partial charge on any atom is -0.338 e. The van der Waals surface area contributed by atoms with Crippen LogP contribution in [0.2, 0.25) is 5.02 Å². The van der Waals surface area contributed by atoms with Crippen molar-refractivity contribution < 1.29 is 17.7 Å². The van der Waals surface area contributed by atoms with Crippen LogP contribution in [0.15, 0.2) is 64.0 Å². The number of carbonyl (C=O) groups is 1. The fourth-order valence-electron chi connectivity index (χ4n) is 2.14. The Labute approximate surface area is 149 Å². The highest BCUT2D eigenvalue weighted by atomic mass is 35.5. The van der Waals surface area contributed by atoms with Crippen molar-refractivity contribution in [3.63, 3.8) is 0 Å². The third-order valence-electron chi connectivity index (χ3n) is 3.41. The van der Waals surface area contributed by atoms with Gasteiger partial charge in [0.25, 0.3) is 5.91 Å². The monoisotopic (exact) mass is 376 g/mol. The van der Waals surface area contributed by atoms with E-state index in [1.165, 1.54) is 24.3 Å². The Morgan fingerprint density at radius 2 is 1.84 bits per heavy atom. The quantitative estimate of drug-likeness (QED) is 0.750. The molecule has 128 valence electrons. The van der Waals surface area contributed by atoms with Gasteiger partial charge in [-0.05, 0) is 30.3 Å². The Kier molecular flexibility index (Phi) is 4.61. The predicted molar refractivity (Wildman–Crippen MR) is 94.5 cm³/mol. The minimum atomic E-state index is -3.39. The van der Waals surface area contributed by atoms with Crippen LogP contribution in [-0.4, -0.2) is 25.7 Å². The number of sulfone groups is 1. The van der Waals surface area contributed by atoms with Crippen molar-refractivity contribution in [1.82, 2.24) is 5.16 Å². The van der Waals surface area contributed by atoms with Crippen molar-refractivity contribution in [2.24, 2.45) is 0 Å². The number of carbonyl (C=O) groups excluding carboxylic acids is 1. The fourth-order valence-corrected chi connectivity index (χ4v) is 2.94. The van der Waals surface area contributed by atoms with Gasteiger partial charge < -0.3 is 4.52 Å². The molecule has 1 N–H and O–H groups in total. The summed E-state index contributed by atoms with van der Waals surface area (Å²) in [6.07, 6.45) is 1.08. The van der Waals surface area contributed by atoms with Gasteiger partial charge in [-0.3, -0.25) is 10.1 Å². The van der Waals surface area contributed by atoms with E-state index in [-0.39, 0.29) is 16.3 Å². The van der Waals surface area contributed by atoms with Gasteiger partial charge >= 0.3 is 0 Å². The standard InChI is InChI=1S/C17H13ClN2O4S/c1-25(22,23)14-4-2-3-12(9-14)17(21)19-16-10-15(20-24-16)11-5-7-13(18)8-6-11/h2-10H,1H3,(H,19,21). The number of benzene rings is 2. The molecule has 1 heterocycles. The van der Waals surface area contributed by atoms with Gasteiger partial charge in [-0.1, -0.05) is 35.0 Å². The molecule has 0 radical (unpaired) electrons. The maximum atomic E-state index is 12.3. The first kappa shape index (κ1) is 17.2. The number of hydrogen-bond acceptors (Lipinski definition) is 5. The third-order valence-corrected chi connectivity index (χ3v) is 4.77. The first-order valence-electron chi connectivity index (χ1n) is 7.17. The van der Waals surface area contributed by atoms with E-state index in [1.807, 2.05) is 0 Å². The van der Waals surface area contributed by atoms with E-state index in [9.17, 15) is 13.2 Å². The molecule has 6 nitrogen and oxygen atoms in total. The highest BCUT2D eigenvalue weighted by Crippen LogP contribution is 2.23. The number of anilines is 1. The van der Waals surface area contributed by atoms with Crippen LogP contribution in [0, 0.1) is 0 Å². The van der Waals surface area contributed by atoms with Crippen molar-refractivity contribution in [2.75, 3.05) is 11.6 Å². The van der Waals surface area contributed by atoms with Crippen LogP contribution in [0.5, 0.6) is 0 Å². The molecule has 0 bridgehead atoms.